The minimum Gasteiger partial charge on any atom is -0.507 e. The second-order valence-corrected chi connectivity index (χ2v) is 4.50. The van der Waals surface area contributed by atoms with E-state index >= 15 is 0 Å². The van der Waals surface area contributed by atoms with Crippen LogP contribution in [0.4, 0.5) is 4.39 Å². The van der Waals surface area contributed by atoms with E-state index in [-0.39, 0.29) is 5.75 Å². The van der Waals surface area contributed by atoms with E-state index in [4.69, 9.17) is 4.74 Å². The molecular weight excluding hydrogens is 239 g/mol. The summed E-state index contributed by atoms with van der Waals surface area (Å²) in [5.41, 5.74) is 0. The molecule has 2 aromatic carbocycles. The number of halogens is 1. The van der Waals surface area contributed by atoms with Gasteiger partial charge < -0.3 is 9.84 Å². The summed E-state index contributed by atoms with van der Waals surface area (Å²) < 4.78 is 17.8. The van der Waals surface area contributed by atoms with Crippen LogP contribution in [0.2, 0.25) is 0 Å². The second-order valence-electron chi connectivity index (χ2n) is 3.39. The first-order valence-corrected chi connectivity index (χ1v) is 5.81. The zero-order valence-corrected chi connectivity index (χ0v) is 10.00. The molecule has 2 nitrogen and oxygen atoms in total. The third-order valence-electron chi connectivity index (χ3n) is 2.21. The van der Waals surface area contributed by atoms with Crippen molar-refractivity contribution in [1.29, 1.82) is 0 Å². The van der Waals surface area contributed by atoms with Crippen molar-refractivity contribution in [2.45, 2.75) is 9.79 Å². The van der Waals surface area contributed by atoms with Crippen LogP contribution >= 0.6 is 11.8 Å². The molecule has 0 saturated carbocycles. The molecule has 0 aliphatic heterocycles. The van der Waals surface area contributed by atoms with Gasteiger partial charge in [-0.05, 0) is 36.4 Å². The Morgan fingerprint density at radius 3 is 2.41 bits per heavy atom. The third-order valence-corrected chi connectivity index (χ3v) is 3.28. The van der Waals surface area contributed by atoms with Gasteiger partial charge >= 0.3 is 0 Å². The lowest BCUT2D eigenvalue weighted by molar-refractivity contribution is 0.414. The highest BCUT2D eigenvalue weighted by molar-refractivity contribution is 7.99. The normalized spacial score (nSPS) is 10.2. The molecule has 0 aliphatic rings. The minimum atomic E-state index is -0.443. The average Bonchev–Trinajstić information content (AvgIpc) is 2.34. The predicted octanol–water partition coefficient (Wildman–Crippen LogP) is 3.69. The Hall–Kier alpha value is -1.68. The van der Waals surface area contributed by atoms with Crippen LogP contribution in [0.5, 0.6) is 11.5 Å². The first kappa shape index (κ1) is 11.8. The lowest BCUT2D eigenvalue weighted by atomic mass is 10.3. The Morgan fingerprint density at radius 2 is 1.82 bits per heavy atom. The Kier molecular flexibility index (Phi) is 3.54. The highest BCUT2D eigenvalue weighted by Gasteiger charge is 2.04. The van der Waals surface area contributed by atoms with Crippen LogP contribution in [-0.4, -0.2) is 12.2 Å². The molecule has 0 bridgehead atoms. The van der Waals surface area contributed by atoms with Crippen molar-refractivity contribution in [3.05, 3.63) is 48.3 Å². The number of rotatable bonds is 3. The molecule has 0 atom stereocenters. The van der Waals surface area contributed by atoms with Gasteiger partial charge in [0, 0.05) is 11.0 Å². The van der Waals surface area contributed by atoms with Gasteiger partial charge in [0.25, 0.3) is 0 Å². The molecule has 4 heteroatoms. The fourth-order valence-electron chi connectivity index (χ4n) is 1.35. The van der Waals surface area contributed by atoms with E-state index in [2.05, 4.69) is 0 Å². The zero-order chi connectivity index (χ0) is 12.3. The van der Waals surface area contributed by atoms with E-state index in [1.807, 2.05) is 24.3 Å². The van der Waals surface area contributed by atoms with Gasteiger partial charge in [-0.2, -0.15) is 0 Å². The number of phenols is 1. The van der Waals surface area contributed by atoms with Gasteiger partial charge in [-0.3, -0.25) is 0 Å². The number of hydrogen-bond donors (Lipinski definition) is 1. The Balaban J connectivity index is 2.19. The molecule has 0 unspecified atom stereocenters. The molecular formula is C13H11FO2S. The smallest absolute Gasteiger partial charge is 0.132 e. The van der Waals surface area contributed by atoms with Gasteiger partial charge in [0.05, 0.1) is 12.0 Å². The summed E-state index contributed by atoms with van der Waals surface area (Å²) in [7, 11) is 1.61. The van der Waals surface area contributed by atoms with Crippen LogP contribution < -0.4 is 4.74 Å². The first-order valence-electron chi connectivity index (χ1n) is 4.99. The van der Waals surface area contributed by atoms with E-state index in [0.29, 0.717) is 4.90 Å². The molecule has 2 rings (SSSR count). The van der Waals surface area contributed by atoms with Crippen molar-refractivity contribution < 1.29 is 14.2 Å². The fourth-order valence-corrected chi connectivity index (χ4v) is 2.17. The van der Waals surface area contributed by atoms with Crippen molar-refractivity contribution >= 4 is 11.8 Å². The van der Waals surface area contributed by atoms with Crippen LogP contribution in [0.15, 0.2) is 52.3 Å². The lowest BCUT2D eigenvalue weighted by Crippen LogP contribution is -1.82. The number of benzene rings is 2. The largest absolute Gasteiger partial charge is 0.507 e. The SMILES string of the molecule is COc1ccc(Sc2ccc(F)cc2O)cc1. The maximum Gasteiger partial charge on any atom is 0.132 e. The van der Waals surface area contributed by atoms with Crippen LogP contribution in [0.3, 0.4) is 0 Å². The molecule has 0 aliphatic carbocycles. The Bertz CT molecular complexity index is 511. The molecule has 0 radical (unpaired) electrons. The molecule has 88 valence electrons. The van der Waals surface area contributed by atoms with Gasteiger partial charge in [-0.1, -0.05) is 11.8 Å². The summed E-state index contributed by atoms with van der Waals surface area (Å²) in [4.78, 5) is 1.57. The molecule has 0 aromatic heterocycles. The monoisotopic (exact) mass is 250 g/mol. The minimum absolute atomic E-state index is 0.0502. The van der Waals surface area contributed by atoms with Gasteiger partial charge in [-0.25, -0.2) is 4.39 Å². The number of methoxy groups -OCH3 is 1. The maximum atomic E-state index is 12.8. The average molecular weight is 250 g/mol. The molecule has 0 heterocycles. The molecule has 0 fully saturated rings. The van der Waals surface area contributed by atoms with E-state index in [1.54, 1.807) is 13.2 Å². The quantitative estimate of drug-likeness (QED) is 0.900. The van der Waals surface area contributed by atoms with E-state index in [1.165, 1.54) is 17.8 Å². The molecule has 0 amide bonds. The second kappa shape index (κ2) is 5.10. The summed E-state index contributed by atoms with van der Waals surface area (Å²) in [6.07, 6.45) is 0. The Morgan fingerprint density at radius 1 is 1.12 bits per heavy atom. The number of ether oxygens (including phenoxy) is 1. The summed E-state index contributed by atoms with van der Waals surface area (Å²) >= 11 is 1.37. The Labute approximate surface area is 103 Å². The maximum absolute atomic E-state index is 12.8. The van der Waals surface area contributed by atoms with Crippen LogP contribution in [0, 0.1) is 5.82 Å². The van der Waals surface area contributed by atoms with Crippen LogP contribution in [0.1, 0.15) is 0 Å². The summed E-state index contributed by atoms with van der Waals surface area (Å²) in [6, 6.07) is 11.4. The van der Waals surface area contributed by atoms with E-state index in [0.717, 1.165) is 16.7 Å². The van der Waals surface area contributed by atoms with Gasteiger partial charge in [-0.15, -0.1) is 0 Å². The third kappa shape index (κ3) is 2.91. The van der Waals surface area contributed by atoms with Crippen LogP contribution in [0.25, 0.3) is 0 Å². The highest BCUT2D eigenvalue weighted by Crippen LogP contribution is 2.35. The lowest BCUT2D eigenvalue weighted by Gasteiger charge is -2.05. The van der Waals surface area contributed by atoms with Crippen LogP contribution in [-0.2, 0) is 0 Å². The first-order chi connectivity index (χ1) is 8.19. The molecule has 1 N–H and O–H groups in total. The summed E-state index contributed by atoms with van der Waals surface area (Å²) in [5, 5.41) is 9.57. The van der Waals surface area contributed by atoms with Crippen molar-refractivity contribution in [3.63, 3.8) is 0 Å². The molecule has 0 saturated heterocycles. The molecule has 17 heavy (non-hydrogen) atoms. The van der Waals surface area contributed by atoms with E-state index < -0.39 is 5.82 Å². The summed E-state index contributed by atoms with van der Waals surface area (Å²) in [6.45, 7) is 0. The number of hydrogen-bond acceptors (Lipinski definition) is 3. The standard InChI is InChI=1S/C13H11FO2S/c1-16-10-3-5-11(6-4-10)17-13-7-2-9(14)8-12(13)15/h2-8,15H,1H3. The van der Waals surface area contributed by atoms with Gasteiger partial charge in [0.2, 0.25) is 0 Å². The topological polar surface area (TPSA) is 29.5 Å². The summed E-state index contributed by atoms with van der Waals surface area (Å²) in [5.74, 6) is 0.282. The van der Waals surface area contributed by atoms with Crippen molar-refractivity contribution in [2.24, 2.45) is 0 Å². The van der Waals surface area contributed by atoms with Crippen molar-refractivity contribution in [3.8, 4) is 11.5 Å². The van der Waals surface area contributed by atoms with E-state index in [9.17, 15) is 9.50 Å². The molecule has 2 aromatic rings. The zero-order valence-electron chi connectivity index (χ0n) is 9.18. The molecule has 0 spiro atoms. The number of aromatic hydroxyl groups is 1. The highest BCUT2D eigenvalue weighted by atomic mass is 32.2. The van der Waals surface area contributed by atoms with Gasteiger partial charge in [0.15, 0.2) is 0 Å². The van der Waals surface area contributed by atoms with Gasteiger partial charge in [0.1, 0.15) is 17.3 Å². The van der Waals surface area contributed by atoms with Crippen molar-refractivity contribution in [2.75, 3.05) is 7.11 Å². The number of phenolic OH excluding ortho intramolecular Hbond substituents is 1. The fraction of sp³-hybridized carbons (Fsp3) is 0.0769. The predicted molar refractivity (Wildman–Crippen MR) is 65.2 cm³/mol. The van der Waals surface area contributed by atoms with Crippen molar-refractivity contribution in [1.82, 2.24) is 0 Å².